The molecule has 0 fully saturated rings. The van der Waals surface area contributed by atoms with Crippen LogP contribution in [0.5, 0.6) is 23.0 Å². The van der Waals surface area contributed by atoms with Gasteiger partial charge < -0.3 is 28.0 Å². The van der Waals surface area contributed by atoms with Gasteiger partial charge in [0.25, 0.3) is 5.89 Å². The van der Waals surface area contributed by atoms with Crippen LogP contribution in [0.15, 0.2) is 45.6 Å². The number of fused-ring (bicyclic) bond motifs is 1. The van der Waals surface area contributed by atoms with Crippen LogP contribution in [0, 0.1) is 0 Å². The molecule has 0 aliphatic heterocycles. The summed E-state index contributed by atoms with van der Waals surface area (Å²) < 4.78 is 32.4. The quantitative estimate of drug-likeness (QED) is 0.474. The van der Waals surface area contributed by atoms with Gasteiger partial charge in [0.1, 0.15) is 0 Å². The summed E-state index contributed by atoms with van der Waals surface area (Å²) in [5, 5.41) is 8.63. The van der Waals surface area contributed by atoms with Crippen molar-refractivity contribution in [3.05, 3.63) is 42.4 Å². The zero-order valence-corrected chi connectivity index (χ0v) is 15.5. The van der Waals surface area contributed by atoms with Crippen LogP contribution in [0.3, 0.4) is 0 Å². The van der Waals surface area contributed by atoms with Crippen molar-refractivity contribution in [1.82, 2.24) is 15.3 Å². The molecule has 9 heteroatoms. The molecule has 9 nitrogen and oxygen atoms in total. The number of ether oxygens (including phenoxy) is 4. The number of para-hydroxylation sites is 1. The maximum absolute atomic E-state index is 5.74. The molecule has 2 aromatic carbocycles. The summed E-state index contributed by atoms with van der Waals surface area (Å²) in [4.78, 5) is 4.38. The summed E-state index contributed by atoms with van der Waals surface area (Å²) in [6, 6.07) is 9.02. The second-order valence-corrected chi connectivity index (χ2v) is 5.68. The molecule has 0 radical (unpaired) electrons. The van der Waals surface area contributed by atoms with E-state index >= 15 is 0 Å². The fraction of sp³-hybridized carbons (Fsp3) is 0.211. The largest absolute Gasteiger partial charge is 0.493 e. The Balaban J connectivity index is 1.59. The molecule has 0 saturated heterocycles. The van der Waals surface area contributed by atoms with E-state index in [1.54, 1.807) is 31.5 Å². The van der Waals surface area contributed by atoms with Crippen molar-refractivity contribution in [1.29, 1.82) is 0 Å². The maximum Gasteiger partial charge on any atom is 0.264 e. The number of benzene rings is 2. The molecule has 0 amide bonds. The number of hydrogen-bond donors (Lipinski definition) is 0. The Labute approximate surface area is 159 Å². The monoisotopic (exact) mass is 383 g/mol. The Morgan fingerprint density at radius 2 is 1.75 bits per heavy atom. The lowest BCUT2D eigenvalue weighted by molar-refractivity contribution is 0.241. The normalized spacial score (nSPS) is 10.8. The lowest BCUT2D eigenvalue weighted by Gasteiger charge is -2.13. The predicted molar refractivity (Wildman–Crippen MR) is 97.7 cm³/mol. The topological polar surface area (TPSA) is 102 Å². The van der Waals surface area contributed by atoms with Crippen LogP contribution in [0.25, 0.3) is 22.4 Å². The molecule has 4 rings (SSSR count). The van der Waals surface area contributed by atoms with Crippen molar-refractivity contribution in [3.63, 3.8) is 0 Å². The SMILES string of the molecule is COc1ccc(-c2noc(COc3cccc4cnoc34)n2)c(OC)c1OC. The molecule has 28 heavy (non-hydrogen) atoms. The number of aromatic nitrogens is 3. The van der Waals surface area contributed by atoms with Gasteiger partial charge in [-0.1, -0.05) is 16.4 Å². The third-order valence-electron chi connectivity index (χ3n) is 4.11. The van der Waals surface area contributed by atoms with Gasteiger partial charge in [-0.25, -0.2) is 0 Å². The summed E-state index contributed by atoms with van der Waals surface area (Å²) in [6.45, 7) is 0.0718. The number of hydrogen-bond acceptors (Lipinski definition) is 9. The van der Waals surface area contributed by atoms with Crippen molar-refractivity contribution in [3.8, 4) is 34.4 Å². The van der Waals surface area contributed by atoms with Crippen LogP contribution in [0.2, 0.25) is 0 Å². The molecule has 0 unspecified atom stereocenters. The molecular weight excluding hydrogens is 366 g/mol. The number of nitrogens with zero attached hydrogens (tertiary/aromatic N) is 3. The molecule has 144 valence electrons. The highest BCUT2D eigenvalue weighted by atomic mass is 16.5. The average molecular weight is 383 g/mol. The van der Waals surface area contributed by atoms with E-state index in [0.29, 0.717) is 45.9 Å². The molecule has 0 N–H and O–H groups in total. The van der Waals surface area contributed by atoms with E-state index in [9.17, 15) is 0 Å². The minimum absolute atomic E-state index is 0.0718. The fourth-order valence-corrected chi connectivity index (χ4v) is 2.82. The first-order valence-corrected chi connectivity index (χ1v) is 8.33. The van der Waals surface area contributed by atoms with E-state index in [4.69, 9.17) is 28.0 Å². The van der Waals surface area contributed by atoms with Crippen LogP contribution in [0.1, 0.15) is 5.89 Å². The van der Waals surface area contributed by atoms with Crippen LogP contribution in [0.4, 0.5) is 0 Å². The zero-order chi connectivity index (χ0) is 19.5. The van der Waals surface area contributed by atoms with E-state index < -0.39 is 0 Å². The van der Waals surface area contributed by atoms with Crippen molar-refractivity contribution in [2.75, 3.05) is 21.3 Å². The Morgan fingerprint density at radius 1 is 0.893 bits per heavy atom. The van der Waals surface area contributed by atoms with Gasteiger partial charge in [-0.15, -0.1) is 0 Å². The Hall–Kier alpha value is -3.75. The van der Waals surface area contributed by atoms with Crippen LogP contribution in [-0.4, -0.2) is 36.6 Å². The second-order valence-electron chi connectivity index (χ2n) is 5.68. The lowest BCUT2D eigenvalue weighted by Crippen LogP contribution is -1.98. The third-order valence-corrected chi connectivity index (χ3v) is 4.11. The van der Waals surface area contributed by atoms with E-state index in [-0.39, 0.29) is 6.61 Å². The third kappa shape index (κ3) is 3.07. The molecule has 0 aliphatic carbocycles. The lowest BCUT2D eigenvalue weighted by atomic mass is 10.1. The number of methoxy groups -OCH3 is 3. The maximum atomic E-state index is 5.74. The molecule has 0 saturated carbocycles. The molecule has 4 aromatic rings. The highest BCUT2D eigenvalue weighted by Gasteiger charge is 2.21. The number of rotatable bonds is 7. The zero-order valence-electron chi connectivity index (χ0n) is 15.5. The molecule has 2 aromatic heterocycles. The van der Waals surface area contributed by atoms with Crippen LogP contribution in [-0.2, 0) is 6.61 Å². The van der Waals surface area contributed by atoms with Crippen molar-refractivity contribution < 1.29 is 28.0 Å². The summed E-state index contributed by atoms with van der Waals surface area (Å²) in [6.07, 6.45) is 1.62. The summed E-state index contributed by atoms with van der Waals surface area (Å²) in [5.41, 5.74) is 1.16. The minimum atomic E-state index is 0.0718. The van der Waals surface area contributed by atoms with E-state index in [0.717, 1.165) is 5.39 Å². The predicted octanol–water partition coefficient (Wildman–Crippen LogP) is 3.48. The molecular formula is C19H17N3O6. The van der Waals surface area contributed by atoms with Crippen LogP contribution >= 0.6 is 0 Å². The van der Waals surface area contributed by atoms with Crippen molar-refractivity contribution in [2.45, 2.75) is 6.61 Å². The molecule has 0 spiro atoms. The smallest absolute Gasteiger partial charge is 0.264 e. The van der Waals surface area contributed by atoms with E-state index in [1.807, 2.05) is 12.1 Å². The highest BCUT2D eigenvalue weighted by Crippen LogP contribution is 2.43. The molecule has 2 heterocycles. The van der Waals surface area contributed by atoms with Gasteiger partial charge in [-0.3, -0.25) is 0 Å². The Kier molecular flexibility index (Phi) is 4.71. The first-order valence-electron chi connectivity index (χ1n) is 8.33. The summed E-state index contributed by atoms with van der Waals surface area (Å²) >= 11 is 0. The second kappa shape index (κ2) is 7.47. The van der Waals surface area contributed by atoms with Gasteiger partial charge in [0, 0.05) is 5.39 Å². The van der Waals surface area contributed by atoms with E-state index in [1.165, 1.54) is 14.2 Å². The van der Waals surface area contributed by atoms with Crippen LogP contribution < -0.4 is 18.9 Å². The molecule has 0 atom stereocenters. The first kappa shape index (κ1) is 17.7. The summed E-state index contributed by atoms with van der Waals surface area (Å²) in [5.74, 6) is 2.61. The van der Waals surface area contributed by atoms with Gasteiger partial charge in [-0.2, -0.15) is 4.98 Å². The highest BCUT2D eigenvalue weighted by molar-refractivity contribution is 5.81. The average Bonchev–Trinajstić information content (AvgIpc) is 3.40. The van der Waals surface area contributed by atoms with Gasteiger partial charge >= 0.3 is 0 Å². The van der Waals surface area contributed by atoms with Gasteiger partial charge in [0.05, 0.1) is 33.1 Å². The summed E-state index contributed by atoms with van der Waals surface area (Å²) in [7, 11) is 4.61. The molecule has 0 bridgehead atoms. The van der Waals surface area contributed by atoms with E-state index in [2.05, 4.69) is 15.3 Å². The van der Waals surface area contributed by atoms with Gasteiger partial charge in [-0.05, 0) is 24.3 Å². The Bertz CT molecular complexity index is 1100. The van der Waals surface area contributed by atoms with Crippen molar-refractivity contribution >= 4 is 11.0 Å². The minimum Gasteiger partial charge on any atom is -0.493 e. The standard InChI is InChI=1S/C19H17N3O6/c1-23-13-8-7-12(17(24-2)18(13)25-3)19-21-15(27-22-19)10-26-14-6-4-5-11-9-20-28-16(11)14/h4-9H,10H2,1-3H3. The van der Waals surface area contributed by atoms with Crippen molar-refractivity contribution in [2.24, 2.45) is 0 Å². The molecule has 0 aliphatic rings. The first-order chi connectivity index (χ1) is 13.7. The van der Waals surface area contributed by atoms with Gasteiger partial charge in [0.2, 0.25) is 17.2 Å². The Morgan fingerprint density at radius 3 is 2.54 bits per heavy atom. The fourth-order valence-electron chi connectivity index (χ4n) is 2.82. The van der Waals surface area contributed by atoms with Gasteiger partial charge in [0.15, 0.2) is 23.9 Å².